The highest BCUT2D eigenvalue weighted by atomic mass is 16.6. The molecule has 6 heteroatoms. The van der Waals surface area contributed by atoms with Gasteiger partial charge < -0.3 is 20.1 Å². The van der Waals surface area contributed by atoms with E-state index in [4.69, 9.17) is 10.2 Å². The first-order chi connectivity index (χ1) is 11.8. The molecule has 3 N–H and O–H groups in total. The Balaban J connectivity index is 3.03. The van der Waals surface area contributed by atoms with Crippen molar-refractivity contribution in [2.45, 2.75) is 71.3 Å². The number of aliphatic hydroxyl groups excluding tert-OH is 2. The summed E-state index contributed by atoms with van der Waals surface area (Å²) in [6.07, 6.45) is -1.44. The zero-order chi connectivity index (χ0) is 20.3. The summed E-state index contributed by atoms with van der Waals surface area (Å²) in [5, 5.41) is 28.5. The number of hydrogen-bond donors (Lipinski definition) is 3. The molecule has 6 nitrogen and oxygen atoms in total. The summed E-state index contributed by atoms with van der Waals surface area (Å²) >= 11 is 0. The molecule has 0 fully saturated rings. The van der Waals surface area contributed by atoms with Crippen LogP contribution in [-0.2, 0) is 31.6 Å². The molecule has 0 radical (unpaired) electrons. The Labute approximate surface area is 154 Å². The molecule has 1 atom stereocenters. The Morgan fingerprint density at radius 2 is 1.50 bits per heavy atom. The van der Waals surface area contributed by atoms with Crippen molar-refractivity contribution in [3.63, 3.8) is 0 Å². The van der Waals surface area contributed by atoms with Crippen LogP contribution in [-0.4, -0.2) is 40.0 Å². The number of benzene rings is 1. The number of carbonyl (C=O) groups excluding carboxylic acids is 2. The van der Waals surface area contributed by atoms with Gasteiger partial charge in [-0.25, -0.2) is 4.79 Å². The average molecular weight is 366 g/mol. The summed E-state index contributed by atoms with van der Waals surface area (Å²) in [5.74, 6) is -1.67. The molecule has 1 rings (SSSR count). The lowest BCUT2D eigenvalue weighted by atomic mass is 9.78. The van der Waals surface area contributed by atoms with Gasteiger partial charge in [-0.05, 0) is 33.9 Å². The molecule has 1 unspecified atom stereocenters. The van der Waals surface area contributed by atoms with Gasteiger partial charge in [-0.15, -0.1) is 0 Å². The summed E-state index contributed by atoms with van der Waals surface area (Å²) < 4.78 is 4.51. The number of phenols is 1. The number of esters is 2. The van der Waals surface area contributed by atoms with Crippen LogP contribution in [0.3, 0.4) is 0 Å². The molecule has 0 amide bonds. The van der Waals surface area contributed by atoms with E-state index < -0.39 is 24.6 Å². The highest BCUT2D eigenvalue weighted by Gasteiger charge is 2.27. The molecule has 0 aliphatic heterocycles. The molecular formula is C20H30O6. The summed E-state index contributed by atoms with van der Waals surface area (Å²) in [7, 11) is 0. The molecule has 0 heterocycles. The van der Waals surface area contributed by atoms with Crippen molar-refractivity contribution in [2.75, 3.05) is 6.61 Å². The van der Waals surface area contributed by atoms with Crippen LogP contribution in [0.1, 0.15) is 64.7 Å². The summed E-state index contributed by atoms with van der Waals surface area (Å²) in [6.45, 7) is 11.2. The number of aromatic hydroxyl groups is 1. The van der Waals surface area contributed by atoms with E-state index in [-0.39, 0.29) is 23.0 Å². The number of aliphatic hydroxyl groups is 2. The standard InChI is InChI=1S/C20H30O6/c1-19(2,3)13-9-12(10-14(17(13)24)20(4,5)6)7-8-16(23)26-18(25)15(22)11-21/h9-10,15,21-22,24H,7-8,11H2,1-6H3. The summed E-state index contributed by atoms with van der Waals surface area (Å²) in [5.41, 5.74) is 1.88. The zero-order valence-electron chi connectivity index (χ0n) is 16.4. The highest BCUT2D eigenvalue weighted by molar-refractivity contribution is 5.87. The van der Waals surface area contributed by atoms with Gasteiger partial charge >= 0.3 is 11.9 Å². The van der Waals surface area contributed by atoms with Crippen LogP contribution in [0.4, 0.5) is 0 Å². The Morgan fingerprint density at radius 3 is 1.88 bits per heavy atom. The van der Waals surface area contributed by atoms with Crippen LogP contribution in [0.5, 0.6) is 5.75 Å². The van der Waals surface area contributed by atoms with E-state index >= 15 is 0 Å². The average Bonchev–Trinajstić information content (AvgIpc) is 2.50. The molecule has 146 valence electrons. The second-order valence-electron chi connectivity index (χ2n) is 8.53. The van der Waals surface area contributed by atoms with Gasteiger partial charge in [-0.2, -0.15) is 0 Å². The topological polar surface area (TPSA) is 104 Å². The van der Waals surface area contributed by atoms with Gasteiger partial charge in [0.2, 0.25) is 0 Å². The van der Waals surface area contributed by atoms with Crippen molar-refractivity contribution in [3.8, 4) is 5.75 Å². The van der Waals surface area contributed by atoms with Gasteiger partial charge in [-0.3, -0.25) is 4.79 Å². The van der Waals surface area contributed by atoms with Gasteiger partial charge in [0.1, 0.15) is 5.75 Å². The fraction of sp³-hybridized carbons (Fsp3) is 0.600. The van der Waals surface area contributed by atoms with Crippen molar-refractivity contribution in [3.05, 3.63) is 28.8 Å². The van der Waals surface area contributed by atoms with Crippen LogP contribution >= 0.6 is 0 Å². The molecule has 0 saturated heterocycles. The normalized spacial score (nSPS) is 13.4. The van der Waals surface area contributed by atoms with E-state index in [0.717, 1.165) is 16.7 Å². The monoisotopic (exact) mass is 366 g/mol. The number of ether oxygens (including phenoxy) is 1. The van der Waals surface area contributed by atoms with Crippen molar-refractivity contribution < 1.29 is 29.6 Å². The maximum absolute atomic E-state index is 11.8. The maximum atomic E-state index is 11.8. The molecule has 26 heavy (non-hydrogen) atoms. The molecule has 0 saturated carbocycles. The third kappa shape index (κ3) is 5.81. The summed E-state index contributed by atoms with van der Waals surface area (Å²) in [4.78, 5) is 23.1. The molecule has 0 bridgehead atoms. The molecule has 1 aromatic rings. The Bertz CT molecular complexity index is 629. The van der Waals surface area contributed by atoms with Crippen LogP contribution in [0, 0.1) is 0 Å². The minimum absolute atomic E-state index is 0.0537. The van der Waals surface area contributed by atoms with E-state index in [1.807, 2.05) is 53.7 Å². The Kier molecular flexibility index (Phi) is 6.96. The number of aryl methyl sites for hydroxylation is 1. The van der Waals surface area contributed by atoms with E-state index in [2.05, 4.69) is 4.74 Å². The number of hydrogen-bond acceptors (Lipinski definition) is 6. The van der Waals surface area contributed by atoms with Crippen molar-refractivity contribution in [2.24, 2.45) is 0 Å². The highest BCUT2D eigenvalue weighted by Crippen LogP contribution is 2.39. The van der Waals surface area contributed by atoms with Crippen molar-refractivity contribution >= 4 is 11.9 Å². The van der Waals surface area contributed by atoms with Crippen LogP contribution in [0.25, 0.3) is 0 Å². The third-order valence-corrected chi connectivity index (χ3v) is 4.06. The molecular weight excluding hydrogens is 336 g/mol. The molecule has 0 aliphatic carbocycles. The Morgan fingerprint density at radius 1 is 1.04 bits per heavy atom. The van der Waals surface area contributed by atoms with Crippen molar-refractivity contribution in [1.29, 1.82) is 0 Å². The predicted octanol–water partition coefficient (Wildman–Crippen LogP) is 2.34. The van der Waals surface area contributed by atoms with Gasteiger partial charge in [-0.1, -0.05) is 53.7 Å². The molecule has 0 aromatic heterocycles. The molecule has 1 aromatic carbocycles. The zero-order valence-corrected chi connectivity index (χ0v) is 16.4. The van der Waals surface area contributed by atoms with Gasteiger partial charge in [0.25, 0.3) is 0 Å². The smallest absolute Gasteiger partial charge is 0.345 e. The quantitative estimate of drug-likeness (QED) is 0.546. The van der Waals surface area contributed by atoms with E-state index in [0.29, 0.717) is 6.42 Å². The third-order valence-electron chi connectivity index (χ3n) is 4.06. The minimum Gasteiger partial charge on any atom is -0.507 e. The van der Waals surface area contributed by atoms with E-state index in [1.54, 1.807) is 0 Å². The SMILES string of the molecule is CC(C)(C)c1cc(CCC(=O)OC(=O)C(O)CO)cc(C(C)(C)C)c1O. The first-order valence-corrected chi connectivity index (χ1v) is 8.67. The lowest BCUT2D eigenvalue weighted by Gasteiger charge is -2.28. The van der Waals surface area contributed by atoms with Gasteiger partial charge in [0.15, 0.2) is 6.10 Å². The van der Waals surface area contributed by atoms with E-state index in [1.165, 1.54) is 0 Å². The van der Waals surface area contributed by atoms with Crippen LogP contribution < -0.4 is 0 Å². The Hall–Kier alpha value is -1.92. The second-order valence-corrected chi connectivity index (χ2v) is 8.53. The molecule has 0 spiro atoms. The summed E-state index contributed by atoms with van der Waals surface area (Å²) in [6, 6.07) is 3.73. The van der Waals surface area contributed by atoms with E-state index in [9.17, 15) is 14.7 Å². The predicted molar refractivity (Wildman–Crippen MR) is 98.0 cm³/mol. The fourth-order valence-electron chi connectivity index (χ4n) is 2.53. The van der Waals surface area contributed by atoms with Crippen LogP contribution in [0.15, 0.2) is 12.1 Å². The lowest BCUT2D eigenvalue weighted by Crippen LogP contribution is -2.28. The first kappa shape index (κ1) is 22.1. The number of rotatable bonds is 5. The molecule has 0 aliphatic rings. The van der Waals surface area contributed by atoms with Crippen molar-refractivity contribution in [1.82, 2.24) is 0 Å². The first-order valence-electron chi connectivity index (χ1n) is 8.67. The van der Waals surface area contributed by atoms with Gasteiger partial charge in [0.05, 0.1) is 13.0 Å². The second kappa shape index (κ2) is 8.18. The maximum Gasteiger partial charge on any atom is 0.345 e. The fourth-order valence-corrected chi connectivity index (χ4v) is 2.53. The van der Waals surface area contributed by atoms with Gasteiger partial charge in [0, 0.05) is 0 Å². The number of phenolic OH excluding ortho intramolecular Hbond substituents is 1. The minimum atomic E-state index is -1.72. The van der Waals surface area contributed by atoms with Crippen LogP contribution in [0.2, 0.25) is 0 Å². The number of carbonyl (C=O) groups is 2. The lowest BCUT2D eigenvalue weighted by molar-refractivity contribution is -0.167. The largest absolute Gasteiger partial charge is 0.507 e.